The monoisotopic (exact) mass is 412 g/mol. The third-order valence-corrected chi connectivity index (χ3v) is 5.13. The van der Waals surface area contributed by atoms with E-state index >= 15 is 0 Å². The SMILES string of the molecule is Nc1ccc2c(c1)C(N)(c1ccc(OCc3cccc(Cl)c3)c(Cl)c1)N=CN2. The Labute approximate surface area is 172 Å². The number of nitrogen functional groups attached to an aromatic ring is 1. The van der Waals surface area contributed by atoms with Crippen LogP contribution < -0.4 is 21.5 Å². The molecule has 142 valence electrons. The van der Waals surface area contributed by atoms with E-state index in [-0.39, 0.29) is 0 Å². The van der Waals surface area contributed by atoms with E-state index in [1.54, 1.807) is 18.5 Å². The lowest BCUT2D eigenvalue weighted by Gasteiger charge is -2.31. The maximum atomic E-state index is 6.65. The van der Waals surface area contributed by atoms with Crippen molar-refractivity contribution >= 4 is 40.9 Å². The number of benzene rings is 3. The molecule has 1 aliphatic rings. The molecule has 3 aromatic carbocycles. The van der Waals surface area contributed by atoms with Gasteiger partial charge in [-0.3, -0.25) is 5.73 Å². The molecular formula is C21H18Cl2N4O. The number of nitrogens with two attached hydrogens (primary N) is 2. The number of nitrogens with one attached hydrogen (secondary N) is 1. The van der Waals surface area contributed by atoms with Gasteiger partial charge in [-0.25, -0.2) is 4.99 Å². The van der Waals surface area contributed by atoms with Gasteiger partial charge in [0.15, 0.2) is 5.66 Å². The number of anilines is 2. The molecule has 3 aromatic rings. The van der Waals surface area contributed by atoms with Gasteiger partial charge in [0.05, 0.1) is 11.4 Å². The Hall–Kier alpha value is -2.73. The first kappa shape index (κ1) is 18.6. The van der Waals surface area contributed by atoms with Crippen molar-refractivity contribution in [3.05, 3.63) is 87.4 Å². The summed E-state index contributed by atoms with van der Waals surface area (Å²) in [4.78, 5) is 4.46. The smallest absolute Gasteiger partial charge is 0.163 e. The Morgan fingerprint density at radius 2 is 1.89 bits per heavy atom. The quantitative estimate of drug-likeness (QED) is 0.538. The van der Waals surface area contributed by atoms with Crippen molar-refractivity contribution in [3.8, 4) is 5.75 Å². The fraction of sp³-hybridized carbons (Fsp3) is 0.0952. The summed E-state index contributed by atoms with van der Waals surface area (Å²) >= 11 is 12.5. The summed E-state index contributed by atoms with van der Waals surface area (Å²) < 4.78 is 5.84. The molecule has 0 fully saturated rings. The van der Waals surface area contributed by atoms with Gasteiger partial charge in [0.2, 0.25) is 0 Å². The number of ether oxygens (including phenoxy) is 1. The lowest BCUT2D eigenvalue weighted by atomic mass is 9.90. The van der Waals surface area contributed by atoms with Crippen molar-refractivity contribution in [3.63, 3.8) is 0 Å². The highest BCUT2D eigenvalue weighted by Crippen LogP contribution is 2.39. The Balaban J connectivity index is 1.62. The van der Waals surface area contributed by atoms with Gasteiger partial charge in [-0.1, -0.05) is 41.4 Å². The minimum Gasteiger partial charge on any atom is -0.487 e. The lowest BCUT2D eigenvalue weighted by molar-refractivity contribution is 0.306. The number of hydrogen-bond acceptors (Lipinski definition) is 5. The van der Waals surface area contributed by atoms with Crippen LogP contribution in [0.15, 0.2) is 65.7 Å². The van der Waals surface area contributed by atoms with E-state index in [1.807, 2.05) is 48.5 Å². The molecule has 0 saturated carbocycles. The highest BCUT2D eigenvalue weighted by molar-refractivity contribution is 6.32. The summed E-state index contributed by atoms with van der Waals surface area (Å²) in [7, 11) is 0. The van der Waals surface area contributed by atoms with E-state index in [9.17, 15) is 0 Å². The molecule has 5 N–H and O–H groups in total. The normalized spacial score (nSPS) is 17.7. The van der Waals surface area contributed by atoms with Gasteiger partial charge in [-0.2, -0.15) is 0 Å². The Morgan fingerprint density at radius 1 is 1.04 bits per heavy atom. The van der Waals surface area contributed by atoms with Crippen LogP contribution in [0, 0.1) is 0 Å². The summed E-state index contributed by atoms with van der Waals surface area (Å²) in [6, 6.07) is 18.4. The van der Waals surface area contributed by atoms with E-state index in [0.29, 0.717) is 28.1 Å². The standard InChI is InChI=1S/C21H18Cl2N4O/c22-15-3-1-2-13(8-15)11-28-20-7-4-14(9-18(20)23)21(25)17-10-16(24)5-6-19(17)26-12-27-21/h1-10,12H,11,24-25H2,(H,26,27). The molecule has 7 heteroatoms. The average molecular weight is 413 g/mol. The van der Waals surface area contributed by atoms with Crippen LogP contribution in [0.5, 0.6) is 5.75 Å². The minimum absolute atomic E-state index is 0.356. The Kier molecular flexibility index (Phi) is 4.89. The molecule has 0 saturated heterocycles. The van der Waals surface area contributed by atoms with Crippen molar-refractivity contribution < 1.29 is 4.74 Å². The molecule has 0 radical (unpaired) electrons. The van der Waals surface area contributed by atoms with Gasteiger partial charge < -0.3 is 15.8 Å². The van der Waals surface area contributed by atoms with Crippen LogP contribution in [0.2, 0.25) is 10.0 Å². The van der Waals surface area contributed by atoms with Crippen LogP contribution in [0.25, 0.3) is 0 Å². The zero-order valence-corrected chi connectivity index (χ0v) is 16.3. The first-order valence-corrected chi connectivity index (χ1v) is 9.38. The third kappa shape index (κ3) is 3.52. The van der Waals surface area contributed by atoms with Crippen molar-refractivity contribution in [2.45, 2.75) is 12.3 Å². The van der Waals surface area contributed by atoms with Gasteiger partial charge in [0.1, 0.15) is 12.4 Å². The number of halogens is 2. The van der Waals surface area contributed by atoms with Crippen LogP contribution in [-0.2, 0) is 12.3 Å². The maximum Gasteiger partial charge on any atom is 0.163 e. The highest BCUT2D eigenvalue weighted by atomic mass is 35.5. The molecule has 1 heterocycles. The fourth-order valence-electron chi connectivity index (χ4n) is 3.15. The van der Waals surface area contributed by atoms with Crippen molar-refractivity contribution in [2.24, 2.45) is 10.7 Å². The Morgan fingerprint density at radius 3 is 2.68 bits per heavy atom. The zero-order chi connectivity index (χ0) is 19.7. The van der Waals surface area contributed by atoms with Crippen LogP contribution in [0.4, 0.5) is 11.4 Å². The molecule has 0 amide bonds. The molecule has 28 heavy (non-hydrogen) atoms. The van der Waals surface area contributed by atoms with Gasteiger partial charge in [-0.15, -0.1) is 0 Å². The molecule has 0 bridgehead atoms. The van der Waals surface area contributed by atoms with Crippen LogP contribution >= 0.6 is 23.2 Å². The summed E-state index contributed by atoms with van der Waals surface area (Å²) in [6.45, 7) is 0.356. The third-order valence-electron chi connectivity index (χ3n) is 4.60. The van der Waals surface area contributed by atoms with Crippen molar-refractivity contribution in [1.82, 2.24) is 0 Å². The van der Waals surface area contributed by atoms with Crippen LogP contribution in [0.3, 0.4) is 0 Å². The summed E-state index contributed by atoms with van der Waals surface area (Å²) in [5.41, 5.74) is 15.4. The van der Waals surface area contributed by atoms with Crippen molar-refractivity contribution in [1.29, 1.82) is 0 Å². The van der Waals surface area contributed by atoms with Gasteiger partial charge in [0, 0.05) is 27.5 Å². The van der Waals surface area contributed by atoms with E-state index in [1.165, 1.54) is 0 Å². The molecule has 0 aliphatic carbocycles. The maximum absolute atomic E-state index is 6.65. The Bertz CT molecular complexity index is 1070. The molecule has 0 aromatic heterocycles. The lowest BCUT2D eigenvalue weighted by Crippen LogP contribution is -2.39. The second-order valence-corrected chi connectivity index (χ2v) is 7.38. The van der Waals surface area contributed by atoms with Gasteiger partial charge in [0.25, 0.3) is 0 Å². The van der Waals surface area contributed by atoms with Crippen molar-refractivity contribution in [2.75, 3.05) is 11.1 Å². The average Bonchev–Trinajstić information content (AvgIpc) is 2.68. The number of aliphatic imine (C=N–C) groups is 1. The van der Waals surface area contributed by atoms with Gasteiger partial charge >= 0.3 is 0 Å². The van der Waals surface area contributed by atoms with Crippen LogP contribution in [0.1, 0.15) is 16.7 Å². The predicted octanol–water partition coefficient (Wildman–Crippen LogP) is 4.77. The minimum atomic E-state index is -1.09. The summed E-state index contributed by atoms with van der Waals surface area (Å²) in [6.07, 6.45) is 1.58. The summed E-state index contributed by atoms with van der Waals surface area (Å²) in [5, 5.41) is 4.20. The molecule has 1 aliphatic heterocycles. The molecule has 4 rings (SSSR count). The largest absolute Gasteiger partial charge is 0.487 e. The molecule has 5 nitrogen and oxygen atoms in total. The first-order valence-electron chi connectivity index (χ1n) is 8.62. The zero-order valence-electron chi connectivity index (χ0n) is 14.8. The van der Waals surface area contributed by atoms with E-state index in [0.717, 1.165) is 22.4 Å². The number of rotatable bonds is 4. The highest BCUT2D eigenvalue weighted by Gasteiger charge is 2.34. The van der Waals surface area contributed by atoms with Gasteiger partial charge in [-0.05, 0) is 48.0 Å². The number of nitrogens with zero attached hydrogens (tertiary/aromatic N) is 1. The summed E-state index contributed by atoms with van der Waals surface area (Å²) in [5.74, 6) is 0.555. The molecule has 1 unspecified atom stereocenters. The molecular weight excluding hydrogens is 395 g/mol. The second kappa shape index (κ2) is 7.36. The fourth-order valence-corrected chi connectivity index (χ4v) is 3.60. The van der Waals surface area contributed by atoms with E-state index in [4.69, 9.17) is 39.4 Å². The van der Waals surface area contributed by atoms with E-state index in [2.05, 4.69) is 10.3 Å². The predicted molar refractivity (Wildman–Crippen MR) is 115 cm³/mol. The van der Waals surface area contributed by atoms with E-state index < -0.39 is 5.66 Å². The topological polar surface area (TPSA) is 85.7 Å². The number of fused-ring (bicyclic) bond motifs is 1. The molecule has 0 spiro atoms. The molecule has 1 atom stereocenters. The first-order chi connectivity index (χ1) is 13.5. The number of hydrogen-bond donors (Lipinski definition) is 3. The second-order valence-electron chi connectivity index (χ2n) is 6.54. The van der Waals surface area contributed by atoms with Crippen LogP contribution in [-0.4, -0.2) is 6.34 Å².